The maximum absolute atomic E-state index is 5.64. The van der Waals surface area contributed by atoms with E-state index in [1.807, 2.05) is 6.92 Å². The standard InChI is InChI=1S/C15H28N2O/c1-4-16-13-9-14-5-6-15(10-13)17(14)7-8-18-11-12(2)3/h13-16H,2,4-11H2,1,3H3. The van der Waals surface area contributed by atoms with Gasteiger partial charge in [-0.3, -0.25) is 4.90 Å². The summed E-state index contributed by atoms with van der Waals surface area (Å²) in [6.45, 7) is 11.9. The van der Waals surface area contributed by atoms with Crippen molar-refractivity contribution >= 4 is 0 Å². The van der Waals surface area contributed by atoms with E-state index in [1.165, 1.54) is 25.7 Å². The Labute approximate surface area is 112 Å². The third-order valence-electron chi connectivity index (χ3n) is 4.22. The zero-order valence-corrected chi connectivity index (χ0v) is 12.0. The van der Waals surface area contributed by atoms with Gasteiger partial charge < -0.3 is 10.1 Å². The number of nitrogens with zero attached hydrogens (tertiary/aromatic N) is 1. The van der Waals surface area contributed by atoms with Crippen molar-refractivity contribution in [3.8, 4) is 0 Å². The number of nitrogens with one attached hydrogen (secondary N) is 1. The summed E-state index contributed by atoms with van der Waals surface area (Å²) < 4.78 is 5.64. The fourth-order valence-electron chi connectivity index (χ4n) is 3.51. The van der Waals surface area contributed by atoms with Crippen LogP contribution in [0.1, 0.15) is 39.5 Å². The minimum atomic E-state index is 0.711. The summed E-state index contributed by atoms with van der Waals surface area (Å²) in [7, 11) is 0. The molecule has 3 nitrogen and oxygen atoms in total. The number of ether oxygens (including phenoxy) is 1. The highest BCUT2D eigenvalue weighted by molar-refractivity contribution is 4.97. The van der Waals surface area contributed by atoms with Crippen molar-refractivity contribution in [3.05, 3.63) is 12.2 Å². The summed E-state index contributed by atoms with van der Waals surface area (Å²) in [6, 6.07) is 2.34. The molecule has 0 aromatic rings. The predicted octanol–water partition coefficient (Wildman–Crippen LogP) is 2.18. The fourth-order valence-corrected chi connectivity index (χ4v) is 3.51. The van der Waals surface area contributed by atoms with Crippen LogP contribution >= 0.6 is 0 Å². The highest BCUT2D eigenvalue weighted by Gasteiger charge is 2.39. The van der Waals surface area contributed by atoms with E-state index in [4.69, 9.17) is 4.74 Å². The largest absolute Gasteiger partial charge is 0.376 e. The molecule has 0 aliphatic carbocycles. The van der Waals surface area contributed by atoms with Crippen LogP contribution in [0, 0.1) is 0 Å². The Morgan fingerprint density at radius 3 is 2.56 bits per heavy atom. The molecule has 0 saturated carbocycles. The number of piperidine rings is 1. The van der Waals surface area contributed by atoms with Crippen LogP contribution in [-0.4, -0.2) is 49.3 Å². The Hall–Kier alpha value is -0.380. The molecule has 2 aliphatic heterocycles. The Morgan fingerprint density at radius 1 is 1.33 bits per heavy atom. The molecule has 0 aromatic heterocycles. The first kappa shape index (κ1) is 14.0. The zero-order valence-electron chi connectivity index (χ0n) is 12.0. The van der Waals surface area contributed by atoms with Gasteiger partial charge in [-0.1, -0.05) is 19.1 Å². The van der Waals surface area contributed by atoms with Crippen molar-refractivity contribution in [1.29, 1.82) is 0 Å². The molecule has 2 rings (SSSR count). The summed E-state index contributed by atoms with van der Waals surface area (Å²) in [4.78, 5) is 2.69. The predicted molar refractivity (Wildman–Crippen MR) is 75.8 cm³/mol. The molecule has 0 aromatic carbocycles. The molecule has 1 N–H and O–H groups in total. The summed E-state index contributed by atoms with van der Waals surface area (Å²) >= 11 is 0. The highest BCUT2D eigenvalue weighted by Crippen LogP contribution is 2.35. The zero-order chi connectivity index (χ0) is 13.0. The molecule has 2 fully saturated rings. The molecule has 2 saturated heterocycles. The maximum Gasteiger partial charge on any atom is 0.0672 e. The van der Waals surface area contributed by atoms with Crippen LogP contribution in [0.2, 0.25) is 0 Å². The molecule has 3 heteroatoms. The van der Waals surface area contributed by atoms with E-state index in [0.29, 0.717) is 6.61 Å². The first-order valence-electron chi connectivity index (χ1n) is 7.42. The Kier molecular flexibility index (Phi) is 5.22. The van der Waals surface area contributed by atoms with E-state index in [9.17, 15) is 0 Å². The van der Waals surface area contributed by atoms with Gasteiger partial charge in [0.15, 0.2) is 0 Å². The molecule has 0 radical (unpaired) electrons. The van der Waals surface area contributed by atoms with Gasteiger partial charge in [0.2, 0.25) is 0 Å². The molecule has 2 aliphatic rings. The number of rotatable bonds is 7. The lowest BCUT2D eigenvalue weighted by Crippen LogP contribution is -2.50. The van der Waals surface area contributed by atoms with Crippen molar-refractivity contribution in [1.82, 2.24) is 10.2 Å². The van der Waals surface area contributed by atoms with Gasteiger partial charge >= 0.3 is 0 Å². The molecule has 2 atom stereocenters. The van der Waals surface area contributed by atoms with Gasteiger partial charge in [0, 0.05) is 24.7 Å². The van der Waals surface area contributed by atoms with Gasteiger partial charge in [-0.05, 0) is 39.2 Å². The average molecular weight is 252 g/mol. The lowest BCUT2D eigenvalue weighted by molar-refractivity contribution is 0.0666. The van der Waals surface area contributed by atoms with E-state index in [-0.39, 0.29) is 0 Å². The van der Waals surface area contributed by atoms with Crippen molar-refractivity contribution < 1.29 is 4.74 Å². The van der Waals surface area contributed by atoms with E-state index >= 15 is 0 Å². The van der Waals surface area contributed by atoms with Crippen molar-refractivity contribution in [3.63, 3.8) is 0 Å². The topological polar surface area (TPSA) is 24.5 Å². The van der Waals surface area contributed by atoms with Gasteiger partial charge in [0.05, 0.1) is 13.2 Å². The van der Waals surface area contributed by atoms with Crippen molar-refractivity contribution in [2.24, 2.45) is 0 Å². The van der Waals surface area contributed by atoms with Crippen LogP contribution in [0.5, 0.6) is 0 Å². The van der Waals surface area contributed by atoms with Gasteiger partial charge in [0.1, 0.15) is 0 Å². The van der Waals surface area contributed by atoms with Crippen molar-refractivity contribution in [2.45, 2.75) is 57.7 Å². The summed E-state index contributed by atoms with van der Waals surface area (Å²) in [5, 5.41) is 3.62. The number of hydrogen-bond acceptors (Lipinski definition) is 3. The van der Waals surface area contributed by atoms with Crippen molar-refractivity contribution in [2.75, 3.05) is 26.3 Å². The summed E-state index contributed by atoms with van der Waals surface area (Å²) in [6.07, 6.45) is 5.41. The van der Waals surface area contributed by atoms with Crippen LogP contribution in [0.3, 0.4) is 0 Å². The first-order valence-corrected chi connectivity index (χ1v) is 7.42. The van der Waals surface area contributed by atoms with Gasteiger partial charge in [-0.15, -0.1) is 0 Å². The van der Waals surface area contributed by atoms with Crippen LogP contribution < -0.4 is 5.32 Å². The molecule has 2 bridgehead atoms. The molecule has 0 spiro atoms. The third-order valence-corrected chi connectivity index (χ3v) is 4.22. The van der Waals surface area contributed by atoms with Gasteiger partial charge in [-0.2, -0.15) is 0 Å². The second-order valence-electron chi connectivity index (χ2n) is 5.86. The molecule has 2 unspecified atom stereocenters. The second kappa shape index (κ2) is 6.69. The Morgan fingerprint density at radius 2 is 2.00 bits per heavy atom. The normalized spacial score (nSPS) is 31.8. The highest BCUT2D eigenvalue weighted by atomic mass is 16.5. The lowest BCUT2D eigenvalue weighted by atomic mass is 9.97. The minimum Gasteiger partial charge on any atom is -0.376 e. The van der Waals surface area contributed by atoms with Crippen LogP contribution in [0.25, 0.3) is 0 Å². The van der Waals surface area contributed by atoms with E-state index in [1.54, 1.807) is 0 Å². The fraction of sp³-hybridized carbons (Fsp3) is 0.867. The molecule has 0 amide bonds. The summed E-state index contributed by atoms with van der Waals surface area (Å²) in [5.74, 6) is 0. The first-order chi connectivity index (χ1) is 8.70. The molecule has 2 heterocycles. The monoisotopic (exact) mass is 252 g/mol. The quantitative estimate of drug-likeness (QED) is 0.555. The van der Waals surface area contributed by atoms with Gasteiger partial charge in [-0.25, -0.2) is 0 Å². The SMILES string of the molecule is C=C(C)COCCN1C2CCC1CC(NCC)C2. The number of fused-ring (bicyclic) bond motifs is 2. The number of hydrogen-bond donors (Lipinski definition) is 1. The van der Waals surface area contributed by atoms with E-state index in [2.05, 4.69) is 23.7 Å². The Balaban J connectivity index is 1.73. The lowest BCUT2D eigenvalue weighted by Gasteiger charge is -2.39. The smallest absolute Gasteiger partial charge is 0.0672 e. The van der Waals surface area contributed by atoms with Gasteiger partial charge in [0.25, 0.3) is 0 Å². The minimum absolute atomic E-state index is 0.711. The third kappa shape index (κ3) is 3.56. The molecular formula is C15H28N2O. The van der Waals surface area contributed by atoms with Crippen LogP contribution in [0.4, 0.5) is 0 Å². The van der Waals surface area contributed by atoms with Crippen LogP contribution in [0.15, 0.2) is 12.2 Å². The van der Waals surface area contributed by atoms with E-state index < -0.39 is 0 Å². The maximum atomic E-state index is 5.64. The molecular weight excluding hydrogens is 224 g/mol. The second-order valence-corrected chi connectivity index (χ2v) is 5.86. The van der Waals surface area contributed by atoms with E-state index in [0.717, 1.165) is 43.4 Å². The average Bonchev–Trinajstić information content (AvgIpc) is 2.57. The van der Waals surface area contributed by atoms with Crippen LogP contribution in [-0.2, 0) is 4.74 Å². The molecule has 104 valence electrons. The Bertz CT molecular complexity index is 266. The molecule has 18 heavy (non-hydrogen) atoms. The summed E-state index contributed by atoms with van der Waals surface area (Å²) in [5.41, 5.74) is 1.11.